The molecule has 0 saturated carbocycles. The Morgan fingerprint density at radius 1 is 1.13 bits per heavy atom. The molecule has 1 unspecified atom stereocenters. The SMILES string of the molecule is CNC(=O)CC1C(=O)NCCN1C(=O)c1ccc2c(-c3cccc(Cl)c3)cccc2c1. The van der Waals surface area contributed by atoms with Gasteiger partial charge in [-0.1, -0.05) is 48.0 Å². The number of halogens is 1. The van der Waals surface area contributed by atoms with E-state index in [1.807, 2.05) is 54.6 Å². The Hall–Kier alpha value is -3.38. The normalized spacial score (nSPS) is 16.1. The van der Waals surface area contributed by atoms with Crippen LogP contribution in [0.25, 0.3) is 21.9 Å². The van der Waals surface area contributed by atoms with Crippen LogP contribution in [0.4, 0.5) is 0 Å². The van der Waals surface area contributed by atoms with E-state index in [-0.39, 0.29) is 24.1 Å². The standard InChI is InChI=1S/C24H22ClN3O3/c1-26-22(29)14-21-23(30)27-10-11-28(21)24(31)17-8-9-20-15(12-17)5-3-7-19(20)16-4-2-6-18(25)13-16/h2-9,12-13,21H,10-11,14H2,1H3,(H,26,29)(H,27,30). The first-order valence-electron chi connectivity index (χ1n) is 10.1. The van der Waals surface area contributed by atoms with E-state index in [0.29, 0.717) is 23.7 Å². The zero-order valence-electron chi connectivity index (χ0n) is 17.0. The van der Waals surface area contributed by atoms with Crippen molar-refractivity contribution >= 4 is 40.1 Å². The van der Waals surface area contributed by atoms with Crippen LogP contribution in [0.15, 0.2) is 60.7 Å². The van der Waals surface area contributed by atoms with Crippen molar-refractivity contribution in [3.63, 3.8) is 0 Å². The second-order valence-corrected chi connectivity index (χ2v) is 7.87. The van der Waals surface area contributed by atoms with E-state index < -0.39 is 6.04 Å². The van der Waals surface area contributed by atoms with Gasteiger partial charge in [0.1, 0.15) is 6.04 Å². The molecule has 0 spiro atoms. The highest BCUT2D eigenvalue weighted by atomic mass is 35.5. The van der Waals surface area contributed by atoms with Crippen LogP contribution in [0.1, 0.15) is 16.8 Å². The number of hydrogen-bond donors (Lipinski definition) is 2. The molecule has 2 N–H and O–H groups in total. The van der Waals surface area contributed by atoms with E-state index >= 15 is 0 Å². The summed E-state index contributed by atoms with van der Waals surface area (Å²) in [4.78, 5) is 38.9. The Morgan fingerprint density at radius 2 is 1.94 bits per heavy atom. The number of nitrogens with zero attached hydrogens (tertiary/aromatic N) is 1. The molecule has 0 radical (unpaired) electrons. The van der Waals surface area contributed by atoms with Gasteiger partial charge in [0.15, 0.2) is 0 Å². The third kappa shape index (κ3) is 4.25. The Balaban J connectivity index is 1.68. The van der Waals surface area contributed by atoms with E-state index in [9.17, 15) is 14.4 Å². The van der Waals surface area contributed by atoms with Gasteiger partial charge in [-0.05, 0) is 46.2 Å². The summed E-state index contributed by atoms with van der Waals surface area (Å²) in [6.07, 6.45) is -0.0689. The smallest absolute Gasteiger partial charge is 0.254 e. The van der Waals surface area contributed by atoms with Crippen LogP contribution in [0.5, 0.6) is 0 Å². The maximum atomic E-state index is 13.3. The van der Waals surface area contributed by atoms with E-state index in [2.05, 4.69) is 10.6 Å². The summed E-state index contributed by atoms with van der Waals surface area (Å²) in [5.74, 6) is -0.865. The van der Waals surface area contributed by atoms with Crippen LogP contribution >= 0.6 is 11.6 Å². The topological polar surface area (TPSA) is 78.5 Å². The molecule has 1 aliphatic rings. The van der Waals surface area contributed by atoms with Gasteiger partial charge in [0.2, 0.25) is 11.8 Å². The fraction of sp³-hybridized carbons (Fsp3) is 0.208. The lowest BCUT2D eigenvalue weighted by molar-refractivity contribution is -0.132. The number of carbonyl (C=O) groups excluding carboxylic acids is 3. The molecule has 1 heterocycles. The zero-order valence-corrected chi connectivity index (χ0v) is 17.8. The Kier molecular flexibility index (Phi) is 5.91. The van der Waals surface area contributed by atoms with Crippen LogP contribution in [0.2, 0.25) is 5.02 Å². The quantitative estimate of drug-likeness (QED) is 0.660. The largest absolute Gasteiger partial charge is 0.359 e. The fourth-order valence-corrected chi connectivity index (χ4v) is 4.12. The minimum Gasteiger partial charge on any atom is -0.359 e. The molecule has 3 aromatic carbocycles. The Labute approximate surface area is 185 Å². The molecule has 31 heavy (non-hydrogen) atoms. The minimum absolute atomic E-state index is 0.0689. The van der Waals surface area contributed by atoms with Crippen LogP contribution in [-0.2, 0) is 9.59 Å². The summed E-state index contributed by atoms with van der Waals surface area (Å²) in [6, 6.07) is 18.2. The molecule has 1 atom stereocenters. The molecule has 0 aliphatic carbocycles. The fourth-order valence-electron chi connectivity index (χ4n) is 3.93. The lowest BCUT2D eigenvalue weighted by atomic mass is 9.96. The average molecular weight is 436 g/mol. The number of carbonyl (C=O) groups is 3. The summed E-state index contributed by atoms with van der Waals surface area (Å²) < 4.78 is 0. The molecule has 3 aromatic rings. The lowest BCUT2D eigenvalue weighted by Crippen LogP contribution is -2.58. The molecule has 1 fully saturated rings. The van der Waals surface area contributed by atoms with Crippen LogP contribution < -0.4 is 10.6 Å². The van der Waals surface area contributed by atoms with Gasteiger partial charge in [0.25, 0.3) is 5.91 Å². The third-order valence-electron chi connectivity index (χ3n) is 5.51. The Morgan fingerprint density at radius 3 is 2.71 bits per heavy atom. The van der Waals surface area contributed by atoms with E-state index in [0.717, 1.165) is 21.9 Å². The van der Waals surface area contributed by atoms with Gasteiger partial charge in [0.05, 0.1) is 6.42 Å². The predicted octanol–water partition coefficient (Wildman–Crippen LogP) is 3.24. The molecule has 7 heteroatoms. The van der Waals surface area contributed by atoms with E-state index in [4.69, 9.17) is 11.6 Å². The summed E-state index contributed by atoms with van der Waals surface area (Å²) in [5.41, 5.74) is 2.50. The number of hydrogen-bond acceptors (Lipinski definition) is 3. The molecular formula is C24H22ClN3O3. The van der Waals surface area contributed by atoms with Gasteiger partial charge in [-0.2, -0.15) is 0 Å². The van der Waals surface area contributed by atoms with Crippen molar-refractivity contribution in [3.8, 4) is 11.1 Å². The van der Waals surface area contributed by atoms with Gasteiger partial charge < -0.3 is 15.5 Å². The summed E-state index contributed by atoms with van der Waals surface area (Å²) in [6.45, 7) is 0.716. The van der Waals surface area contributed by atoms with Crippen molar-refractivity contribution in [1.82, 2.24) is 15.5 Å². The number of rotatable bonds is 4. The highest BCUT2D eigenvalue weighted by Gasteiger charge is 2.35. The van der Waals surface area contributed by atoms with Crippen molar-refractivity contribution < 1.29 is 14.4 Å². The number of fused-ring (bicyclic) bond motifs is 1. The minimum atomic E-state index is -0.824. The summed E-state index contributed by atoms with van der Waals surface area (Å²) in [5, 5.41) is 7.82. The van der Waals surface area contributed by atoms with Gasteiger partial charge in [-0.3, -0.25) is 14.4 Å². The number of amides is 3. The molecule has 0 aromatic heterocycles. The highest BCUT2D eigenvalue weighted by molar-refractivity contribution is 6.30. The molecule has 4 rings (SSSR count). The second-order valence-electron chi connectivity index (χ2n) is 7.43. The highest BCUT2D eigenvalue weighted by Crippen LogP contribution is 2.31. The molecule has 0 bridgehead atoms. The zero-order chi connectivity index (χ0) is 22.0. The number of piperazine rings is 1. The predicted molar refractivity (Wildman–Crippen MR) is 121 cm³/mol. The maximum Gasteiger partial charge on any atom is 0.254 e. The number of nitrogens with one attached hydrogen (secondary N) is 2. The molecular weight excluding hydrogens is 414 g/mol. The van der Waals surface area contributed by atoms with Gasteiger partial charge in [-0.15, -0.1) is 0 Å². The van der Waals surface area contributed by atoms with E-state index in [1.165, 1.54) is 11.9 Å². The summed E-state index contributed by atoms with van der Waals surface area (Å²) >= 11 is 6.16. The third-order valence-corrected chi connectivity index (χ3v) is 5.75. The van der Waals surface area contributed by atoms with Crippen molar-refractivity contribution in [3.05, 3.63) is 71.2 Å². The first-order chi connectivity index (χ1) is 15.0. The van der Waals surface area contributed by atoms with Crippen molar-refractivity contribution in [2.24, 2.45) is 0 Å². The molecule has 1 aliphatic heterocycles. The van der Waals surface area contributed by atoms with Gasteiger partial charge >= 0.3 is 0 Å². The van der Waals surface area contributed by atoms with Crippen LogP contribution in [-0.4, -0.2) is 48.8 Å². The second kappa shape index (κ2) is 8.78. The van der Waals surface area contributed by atoms with Crippen molar-refractivity contribution in [2.75, 3.05) is 20.1 Å². The Bertz CT molecular complexity index is 1180. The van der Waals surface area contributed by atoms with Crippen LogP contribution in [0.3, 0.4) is 0 Å². The van der Waals surface area contributed by atoms with E-state index in [1.54, 1.807) is 6.07 Å². The summed E-state index contributed by atoms with van der Waals surface area (Å²) in [7, 11) is 1.51. The molecule has 3 amide bonds. The molecule has 158 valence electrons. The number of benzene rings is 3. The monoisotopic (exact) mass is 435 g/mol. The van der Waals surface area contributed by atoms with Gasteiger partial charge in [0, 0.05) is 30.7 Å². The molecule has 1 saturated heterocycles. The first-order valence-corrected chi connectivity index (χ1v) is 10.4. The first kappa shape index (κ1) is 20.9. The van der Waals surface area contributed by atoms with Gasteiger partial charge in [-0.25, -0.2) is 0 Å². The molecule has 6 nitrogen and oxygen atoms in total. The lowest BCUT2D eigenvalue weighted by Gasteiger charge is -2.34. The van der Waals surface area contributed by atoms with Crippen LogP contribution in [0, 0.1) is 0 Å². The van der Waals surface area contributed by atoms with Crippen molar-refractivity contribution in [2.45, 2.75) is 12.5 Å². The van der Waals surface area contributed by atoms with Crippen molar-refractivity contribution in [1.29, 1.82) is 0 Å². The maximum absolute atomic E-state index is 13.3. The average Bonchev–Trinajstić information content (AvgIpc) is 2.79.